The van der Waals surface area contributed by atoms with Crippen LogP contribution < -0.4 is 0 Å². The molecule has 0 bridgehead atoms. The quantitative estimate of drug-likeness (QED) is 0.615. The van der Waals surface area contributed by atoms with Gasteiger partial charge in [0.25, 0.3) is 0 Å². The second kappa shape index (κ2) is 5.07. The SMILES string of the molecule is O=C[C@H]1[C@H](OC(=O)c2ccccc2)CC2OC(=O)C[C@@H]21. The van der Waals surface area contributed by atoms with Crippen molar-refractivity contribution in [1.82, 2.24) is 0 Å². The van der Waals surface area contributed by atoms with Crippen LogP contribution in [0.2, 0.25) is 0 Å². The molecule has 2 fully saturated rings. The summed E-state index contributed by atoms with van der Waals surface area (Å²) < 4.78 is 10.6. The van der Waals surface area contributed by atoms with E-state index in [1.165, 1.54) is 0 Å². The fourth-order valence-corrected chi connectivity index (χ4v) is 2.99. The Hall–Kier alpha value is -2.17. The minimum atomic E-state index is -0.511. The summed E-state index contributed by atoms with van der Waals surface area (Å²) in [5, 5.41) is 0. The lowest BCUT2D eigenvalue weighted by Gasteiger charge is -2.17. The van der Waals surface area contributed by atoms with Crippen LogP contribution in [0.1, 0.15) is 23.2 Å². The highest BCUT2D eigenvalue weighted by Crippen LogP contribution is 2.41. The van der Waals surface area contributed by atoms with Crippen molar-refractivity contribution in [3.05, 3.63) is 35.9 Å². The Bertz CT molecular complexity index is 538. The van der Waals surface area contributed by atoms with Gasteiger partial charge in [-0.15, -0.1) is 0 Å². The first kappa shape index (κ1) is 12.8. The summed E-state index contributed by atoms with van der Waals surface area (Å²) in [5.41, 5.74) is 0.450. The third kappa shape index (κ3) is 2.19. The van der Waals surface area contributed by atoms with Crippen molar-refractivity contribution in [2.75, 3.05) is 0 Å². The van der Waals surface area contributed by atoms with Gasteiger partial charge >= 0.3 is 11.9 Å². The Balaban J connectivity index is 1.71. The van der Waals surface area contributed by atoms with E-state index < -0.39 is 18.0 Å². The molecule has 5 heteroatoms. The number of rotatable bonds is 3. The number of fused-ring (bicyclic) bond motifs is 1. The average molecular weight is 274 g/mol. The van der Waals surface area contributed by atoms with Crippen molar-refractivity contribution in [3.63, 3.8) is 0 Å². The van der Waals surface area contributed by atoms with Crippen LogP contribution >= 0.6 is 0 Å². The van der Waals surface area contributed by atoms with E-state index in [9.17, 15) is 14.4 Å². The maximum Gasteiger partial charge on any atom is 0.338 e. The highest BCUT2D eigenvalue weighted by Gasteiger charge is 2.51. The molecular weight excluding hydrogens is 260 g/mol. The number of carbonyl (C=O) groups is 3. The summed E-state index contributed by atoms with van der Waals surface area (Å²) in [5.74, 6) is -1.35. The van der Waals surface area contributed by atoms with E-state index >= 15 is 0 Å². The van der Waals surface area contributed by atoms with Crippen LogP contribution in [0.15, 0.2) is 30.3 Å². The van der Waals surface area contributed by atoms with Crippen molar-refractivity contribution in [3.8, 4) is 0 Å². The molecule has 4 atom stereocenters. The number of hydrogen-bond donors (Lipinski definition) is 0. The van der Waals surface area contributed by atoms with Crippen molar-refractivity contribution in [1.29, 1.82) is 0 Å². The third-order valence-electron chi connectivity index (χ3n) is 3.98. The van der Waals surface area contributed by atoms with E-state index in [0.717, 1.165) is 6.29 Å². The van der Waals surface area contributed by atoms with Gasteiger partial charge in [-0.1, -0.05) is 18.2 Å². The Morgan fingerprint density at radius 3 is 2.75 bits per heavy atom. The van der Waals surface area contributed by atoms with Gasteiger partial charge in [0.05, 0.1) is 17.9 Å². The molecule has 5 nitrogen and oxygen atoms in total. The van der Waals surface area contributed by atoms with Gasteiger partial charge in [-0.05, 0) is 12.1 Å². The number of esters is 2. The van der Waals surface area contributed by atoms with Crippen LogP contribution in [0.5, 0.6) is 0 Å². The molecule has 0 radical (unpaired) electrons. The maximum atomic E-state index is 12.0. The smallest absolute Gasteiger partial charge is 0.338 e. The van der Waals surface area contributed by atoms with Crippen LogP contribution in [0, 0.1) is 11.8 Å². The topological polar surface area (TPSA) is 69.7 Å². The summed E-state index contributed by atoms with van der Waals surface area (Å²) in [4.78, 5) is 34.4. The van der Waals surface area contributed by atoms with E-state index in [2.05, 4.69) is 0 Å². The molecule has 0 spiro atoms. The molecule has 0 aromatic heterocycles. The van der Waals surface area contributed by atoms with Gasteiger partial charge in [-0.25, -0.2) is 4.79 Å². The first-order chi connectivity index (χ1) is 9.69. The van der Waals surface area contributed by atoms with Gasteiger partial charge in [0.15, 0.2) is 0 Å². The molecular formula is C15H14O5. The lowest BCUT2D eigenvalue weighted by Crippen LogP contribution is -2.27. The molecule has 1 aliphatic carbocycles. The van der Waals surface area contributed by atoms with Crippen molar-refractivity contribution in [2.24, 2.45) is 11.8 Å². The molecule has 1 aromatic rings. The van der Waals surface area contributed by atoms with Crippen molar-refractivity contribution >= 4 is 18.2 Å². The lowest BCUT2D eigenvalue weighted by atomic mass is 9.93. The zero-order valence-electron chi connectivity index (χ0n) is 10.7. The molecule has 1 aliphatic heterocycles. The summed E-state index contributed by atoms with van der Waals surface area (Å²) in [6, 6.07) is 8.63. The Morgan fingerprint density at radius 1 is 1.30 bits per heavy atom. The number of carbonyl (C=O) groups excluding carboxylic acids is 3. The van der Waals surface area contributed by atoms with E-state index in [1.54, 1.807) is 24.3 Å². The number of ether oxygens (including phenoxy) is 2. The molecule has 1 aromatic carbocycles. The number of benzene rings is 1. The standard InChI is InChI=1S/C15H14O5/c16-8-11-10-6-14(17)19-12(10)7-13(11)20-15(18)9-4-2-1-3-5-9/h1-5,8,10-13H,6-7H2/t10-,11-,12?,13-/m1/s1. The van der Waals surface area contributed by atoms with Crippen LogP contribution in [0.3, 0.4) is 0 Å². The van der Waals surface area contributed by atoms with Crippen LogP contribution in [0.25, 0.3) is 0 Å². The monoisotopic (exact) mass is 274 g/mol. The first-order valence-corrected chi connectivity index (χ1v) is 6.60. The second-order valence-corrected chi connectivity index (χ2v) is 5.16. The van der Waals surface area contributed by atoms with Gasteiger partial charge < -0.3 is 14.3 Å². The lowest BCUT2D eigenvalue weighted by molar-refractivity contribution is -0.141. The largest absolute Gasteiger partial charge is 0.462 e. The predicted octanol–water partition coefficient (Wildman–Crippen LogP) is 1.36. The number of aldehydes is 1. The first-order valence-electron chi connectivity index (χ1n) is 6.60. The zero-order chi connectivity index (χ0) is 14.1. The molecule has 1 saturated carbocycles. The Morgan fingerprint density at radius 2 is 2.05 bits per heavy atom. The van der Waals surface area contributed by atoms with Gasteiger partial charge in [0.1, 0.15) is 18.5 Å². The maximum absolute atomic E-state index is 12.0. The average Bonchev–Trinajstić information content (AvgIpc) is 2.95. The number of hydrogen-bond acceptors (Lipinski definition) is 5. The summed E-state index contributed by atoms with van der Waals surface area (Å²) in [7, 11) is 0. The molecule has 1 unspecified atom stereocenters. The zero-order valence-corrected chi connectivity index (χ0v) is 10.7. The van der Waals surface area contributed by atoms with Crippen LogP contribution in [-0.4, -0.2) is 30.4 Å². The molecule has 2 aliphatic rings. The fraction of sp³-hybridized carbons (Fsp3) is 0.400. The molecule has 1 saturated heterocycles. The van der Waals surface area contributed by atoms with Crippen LogP contribution in [0.4, 0.5) is 0 Å². The second-order valence-electron chi connectivity index (χ2n) is 5.16. The Labute approximate surface area is 115 Å². The molecule has 20 heavy (non-hydrogen) atoms. The summed E-state index contributed by atoms with van der Waals surface area (Å²) in [6.07, 6.45) is 0.594. The molecule has 1 heterocycles. The van der Waals surface area contributed by atoms with Gasteiger partial charge in [0, 0.05) is 12.3 Å². The van der Waals surface area contributed by atoms with E-state index in [-0.39, 0.29) is 24.4 Å². The van der Waals surface area contributed by atoms with Crippen molar-refractivity contribution < 1.29 is 23.9 Å². The molecule has 3 rings (SSSR count). The molecule has 104 valence electrons. The predicted molar refractivity (Wildman–Crippen MR) is 67.8 cm³/mol. The minimum Gasteiger partial charge on any atom is -0.462 e. The van der Waals surface area contributed by atoms with Gasteiger partial charge in [-0.3, -0.25) is 4.79 Å². The minimum absolute atomic E-state index is 0.159. The van der Waals surface area contributed by atoms with Gasteiger partial charge in [0.2, 0.25) is 0 Å². The molecule has 0 N–H and O–H groups in total. The van der Waals surface area contributed by atoms with Gasteiger partial charge in [-0.2, -0.15) is 0 Å². The summed E-state index contributed by atoms with van der Waals surface area (Å²) in [6.45, 7) is 0. The third-order valence-corrected chi connectivity index (χ3v) is 3.98. The van der Waals surface area contributed by atoms with Crippen LogP contribution in [-0.2, 0) is 19.1 Å². The van der Waals surface area contributed by atoms with Crippen molar-refractivity contribution in [2.45, 2.75) is 25.0 Å². The Kier molecular flexibility index (Phi) is 3.26. The van der Waals surface area contributed by atoms with E-state index in [4.69, 9.17) is 9.47 Å². The highest BCUT2D eigenvalue weighted by molar-refractivity contribution is 5.89. The fourth-order valence-electron chi connectivity index (χ4n) is 2.99. The highest BCUT2D eigenvalue weighted by atomic mass is 16.6. The molecule has 0 amide bonds. The summed E-state index contributed by atoms with van der Waals surface area (Å²) >= 11 is 0. The van der Waals surface area contributed by atoms with E-state index in [1.807, 2.05) is 6.07 Å². The van der Waals surface area contributed by atoms with E-state index in [0.29, 0.717) is 12.0 Å². The normalized spacial score (nSPS) is 31.5.